The normalized spacial score (nSPS) is 11.4. The van der Waals surface area contributed by atoms with Gasteiger partial charge in [0.25, 0.3) is 0 Å². The van der Waals surface area contributed by atoms with E-state index >= 15 is 0 Å². The molecule has 0 fully saturated rings. The quantitative estimate of drug-likeness (QED) is 0.334. The van der Waals surface area contributed by atoms with Crippen LogP contribution in [0.15, 0.2) is 72.4 Å². The summed E-state index contributed by atoms with van der Waals surface area (Å²) < 4.78 is 0. The second kappa shape index (κ2) is 13.9. The van der Waals surface area contributed by atoms with Crippen LogP contribution in [0.4, 0.5) is 11.5 Å². The molecule has 0 spiro atoms. The number of nitrogens with one attached hydrogen (secondary N) is 3. The van der Waals surface area contributed by atoms with Crippen molar-refractivity contribution in [1.82, 2.24) is 15.3 Å². The first-order valence-corrected chi connectivity index (χ1v) is 10.6. The molecule has 1 aromatic carbocycles. The molecule has 33 heavy (non-hydrogen) atoms. The van der Waals surface area contributed by atoms with Crippen LogP contribution in [0.25, 0.3) is 0 Å². The summed E-state index contributed by atoms with van der Waals surface area (Å²) in [6.45, 7) is 22.2. The zero-order valence-corrected chi connectivity index (χ0v) is 20.8. The summed E-state index contributed by atoms with van der Waals surface area (Å²) in [4.78, 5) is 12.3. The average Bonchev–Trinajstić information content (AvgIpc) is 2.72. The molecule has 1 heterocycles. The number of anilines is 2. The molecule has 0 saturated heterocycles. The molecule has 0 atom stereocenters. The van der Waals surface area contributed by atoms with Crippen LogP contribution in [0.2, 0.25) is 0 Å². The highest BCUT2D eigenvalue weighted by molar-refractivity contribution is 5.95. The van der Waals surface area contributed by atoms with Gasteiger partial charge in [0.05, 0.1) is 0 Å². The van der Waals surface area contributed by atoms with E-state index in [-0.39, 0.29) is 12.8 Å². The minimum Gasteiger partial charge on any atom is -0.347 e. The average molecular weight is 451 g/mol. The number of aryl methyl sites for hydroxylation is 2. The Labute approximate surface area is 201 Å². The van der Waals surface area contributed by atoms with Gasteiger partial charge in [0.2, 0.25) is 0 Å². The Bertz CT molecular complexity index is 963. The fourth-order valence-electron chi connectivity index (χ4n) is 2.36. The molecule has 0 aliphatic rings. The largest absolute Gasteiger partial charge is 0.347 e. The summed E-state index contributed by atoms with van der Waals surface area (Å²) in [5.74, 6) is 2.33. The molecule has 6 heteroatoms. The minimum atomic E-state index is 0. The first kappa shape index (κ1) is 29.6. The van der Waals surface area contributed by atoms with Gasteiger partial charge in [-0.05, 0) is 57.5 Å². The van der Waals surface area contributed by atoms with Gasteiger partial charge >= 0.3 is 0 Å². The van der Waals surface area contributed by atoms with Crippen molar-refractivity contribution in [3.8, 4) is 0 Å². The highest BCUT2D eigenvalue weighted by Gasteiger charge is 2.13. The smallest absolute Gasteiger partial charge is 0.136 e. The van der Waals surface area contributed by atoms with Crippen LogP contribution in [0.3, 0.4) is 0 Å². The van der Waals surface area contributed by atoms with Crippen LogP contribution in [0, 0.1) is 26.2 Å². The van der Waals surface area contributed by atoms with Crippen molar-refractivity contribution in [2.24, 2.45) is 10.4 Å². The van der Waals surface area contributed by atoms with Crippen LogP contribution in [0.5, 0.6) is 0 Å². The topological polar surface area (TPSA) is 74.2 Å². The second-order valence-electron chi connectivity index (χ2n) is 8.56. The predicted octanol–water partition coefficient (Wildman–Crippen LogP) is 6.77. The number of nitrogens with zero attached hydrogens (tertiary/aromatic N) is 3. The lowest BCUT2D eigenvalue weighted by molar-refractivity contribution is 0.504. The van der Waals surface area contributed by atoms with Crippen molar-refractivity contribution >= 4 is 17.3 Å². The molecule has 0 bridgehead atoms. The lowest BCUT2D eigenvalue weighted by Gasteiger charge is -2.20. The highest BCUT2D eigenvalue weighted by Crippen LogP contribution is 2.24. The van der Waals surface area contributed by atoms with E-state index in [4.69, 9.17) is 0 Å². The number of aliphatic imine (C=N–C) groups is 1. The van der Waals surface area contributed by atoms with Gasteiger partial charge in [-0.2, -0.15) is 0 Å². The summed E-state index contributed by atoms with van der Waals surface area (Å²) in [5, 5.41) is 9.36. The van der Waals surface area contributed by atoms with E-state index in [0.29, 0.717) is 5.82 Å². The molecule has 0 saturated carbocycles. The van der Waals surface area contributed by atoms with Crippen LogP contribution in [0.1, 0.15) is 51.9 Å². The fraction of sp³-hybridized carbons (Fsp3) is 0.370. The summed E-state index contributed by atoms with van der Waals surface area (Å²) in [5.41, 5.74) is 5.68. The summed E-state index contributed by atoms with van der Waals surface area (Å²) >= 11 is 0. The summed E-state index contributed by atoms with van der Waals surface area (Å²) in [6.07, 6.45) is 5.20. The molecular weight excluding hydrogens is 408 g/mol. The number of allylic oxidation sites excluding steroid dienone is 1. The Kier molecular flexibility index (Phi) is 12.5. The fourth-order valence-corrected chi connectivity index (χ4v) is 2.36. The molecule has 6 nitrogen and oxygen atoms in total. The molecule has 2 aromatic rings. The number of amidine groups is 1. The number of benzene rings is 1. The number of aromatic nitrogens is 2. The Morgan fingerprint density at radius 1 is 1.06 bits per heavy atom. The molecule has 1 aromatic heterocycles. The van der Waals surface area contributed by atoms with Crippen LogP contribution >= 0.6 is 0 Å². The molecule has 0 aliphatic carbocycles. The third kappa shape index (κ3) is 10.6. The SMILES string of the molecule is C.C=C(NC(/C=C(\C)C(C)(C)C)=NC)Nc1ccc(C)cc1.C=CNc1ncnc(C)c1C. The van der Waals surface area contributed by atoms with Gasteiger partial charge in [0.15, 0.2) is 0 Å². The van der Waals surface area contributed by atoms with Gasteiger partial charge in [-0.1, -0.05) is 64.6 Å². The third-order valence-electron chi connectivity index (χ3n) is 4.98. The first-order chi connectivity index (χ1) is 15.0. The van der Waals surface area contributed by atoms with Crippen LogP contribution in [-0.2, 0) is 0 Å². The van der Waals surface area contributed by atoms with Crippen molar-refractivity contribution in [1.29, 1.82) is 0 Å². The number of rotatable bonds is 6. The van der Waals surface area contributed by atoms with E-state index in [9.17, 15) is 0 Å². The van der Waals surface area contributed by atoms with Crippen molar-refractivity contribution in [2.75, 3.05) is 17.7 Å². The number of hydrogen-bond donors (Lipinski definition) is 3. The van der Waals surface area contributed by atoms with Gasteiger partial charge in [-0.25, -0.2) is 9.97 Å². The third-order valence-corrected chi connectivity index (χ3v) is 4.98. The van der Waals surface area contributed by atoms with Crippen molar-refractivity contribution in [3.05, 3.63) is 84.2 Å². The van der Waals surface area contributed by atoms with Gasteiger partial charge in [0.1, 0.15) is 23.8 Å². The lowest BCUT2D eigenvalue weighted by Crippen LogP contribution is -2.25. The lowest BCUT2D eigenvalue weighted by atomic mass is 9.87. The maximum Gasteiger partial charge on any atom is 0.136 e. The number of hydrogen-bond acceptors (Lipinski definition) is 5. The predicted molar refractivity (Wildman–Crippen MR) is 146 cm³/mol. The second-order valence-corrected chi connectivity index (χ2v) is 8.56. The first-order valence-electron chi connectivity index (χ1n) is 10.6. The molecule has 0 radical (unpaired) electrons. The zero-order valence-electron chi connectivity index (χ0n) is 20.8. The highest BCUT2D eigenvalue weighted by atomic mass is 15.1. The maximum atomic E-state index is 4.27. The molecule has 180 valence electrons. The van der Waals surface area contributed by atoms with E-state index in [0.717, 1.165) is 28.6 Å². The van der Waals surface area contributed by atoms with Crippen molar-refractivity contribution in [2.45, 2.75) is 55.9 Å². The van der Waals surface area contributed by atoms with Crippen LogP contribution in [-0.4, -0.2) is 22.9 Å². The summed E-state index contributed by atoms with van der Waals surface area (Å²) in [6, 6.07) is 8.19. The van der Waals surface area contributed by atoms with Gasteiger partial charge in [-0.15, -0.1) is 0 Å². The van der Waals surface area contributed by atoms with E-state index in [1.165, 1.54) is 17.5 Å². The standard InChI is InChI=1S/C18H27N3.C8H11N3.CH4/c1-13-8-10-16(11-9-13)20-15(3)21-17(19-7)12-14(2)18(4,5)6;1-4-9-8-6(2)7(3)10-5-11-8;/h8-12,20H,3H2,1-2,4-7H3,(H,19,21);4-5H,1H2,2-3H3,(H,9,10,11);1H4/b14-12+;;. The maximum absolute atomic E-state index is 4.27. The molecule has 0 unspecified atom stereocenters. The van der Waals surface area contributed by atoms with E-state index in [2.05, 4.69) is 96.9 Å². The Balaban J connectivity index is 0.000000720. The summed E-state index contributed by atoms with van der Waals surface area (Å²) in [7, 11) is 1.77. The Morgan fingerprint density at radius 3 is 2.18 bits per heavy atom. The van der Waals surface area contributed by atoms with Crippen molar-refractivity contribution in [3.63, 3.8) is 0 Å². The van der Waals surface area contributed by atoms with Crippen LogP contribution < -0.4 is 16.0 Å². The van der Waals surface area contributed by atoms with Crippen molar-refractivity contribution < 1.29 is 0 Å². The van der Waals surface area contributed by atoms with Gasteiger partial charge in [0, 0.05) is 24.0 Å². The molecule has 2 rings (SSSR count). The van der Waals surface area contributed by atoms with Gasteiger partial charge in [-0.3, -0.25) is 4.99 Å². The molecule has 0 amide bonds. The minimum absolute atomic E-state index is 0. The van der Waals surface area contributed by atoms with Gasteiger partial charge < -0.3 is 16.0 Å². The van der Waals surface area contributed by atoms with E-state index in [1.807, 2.05) is 26.0 Å². The molecular formula is C27H42N6. The monoisotopic (exact) mass is 450 g/mol. The zero-order chi connectivity index (χ0) is 24.3. The Morgan fingerprint density at radius 2 is 1.67 bits per heavy atom. The van der Waals surface area contributed by atoms with E-state index in [1.54, 1.807) is 13.2 Å². The molecule has 0 aliphatic heterocycles. The Hall–Kier alpha value is -3.41. The molecule has 3 N–H and O–H groups in total. The van der Waals surface area contributed by atoms with E-state index < -0.39 is 0 Å².